The van der Waals surface area contributed by atoms with Crippen molar-refractivity contribution in [3.05, 3.63) is 79.4 Å². The van der Waals surface area contributed by atoms with Gasteiger partial charge in [0, 0.05) is 30.9 Å². The maximum absolute atomic E-state index is 12.8. The number of rotatable bonds is 13. The van der Waals surface area contributed by atoms with Gasteiger partial charge in [-0.2, -0.15) is 4.31 Å². The second kappa shape index (κ2) is 13.6. The zero-order valence-corrected chi connectivity index (χ0v) is 20.7. The van der Waals surface area contributed by atoms with Crippen molar-refractivity contribution in [2.75, 3.05) is 38.2 Å². The van der Waals surface area contributed by atoms with Crippen LogP contribution in [0.2, 0.25) is 0 Å². The molecular formula is C24H29N3O5S2. The van der Waals surface area contributed by atoms with Crippen LogP contribution >= 0.6 is 12.2 Å². The number of nitrogens with one attached hydrogen (secondary N) is 2. The molecule has 2 N–H and O–H groups in total. The molecule has 0 heterocycles. The number of amides is 1. The van der Waals surface area contributed by atoms with Crippen LogP contribution in [0, 0.1) is 0 Å². The van der Waals surface area contributed by atoms with Crippen LogP contribution < -0.4 is 15.4 Å². The summed E-state index contributed by atoms with van der Waals surface area (Å²) in [6, 6.07) is 12.8. The Labute approximate surface area is 206 Å². The fraction of sp³-hybridized carbons (Fsp3) is 0.250. The minimum atomic E-state index is -3.70. The monoisotopic (exact) mass is 503 g/mol. The van der Waals surface area contributed by atoms with Gasteiger partial charge in [-0.05, 0) is 61.6 Å². The molecule has 0 bridgehead atoms. The molecule has 0 atom stereocenters. The Morgan fingerprint density at radius 3 is 2.38 bits per heavy atom. The van der Waals surface area contributed by atoms with Crippen LogP contribution in [0.15, 0.2) is 78.7 Å². The average molecular weight is 504 g/mol. The summed E-state index contributed by atoms with van der Waals surface area (Å²) in [5, 5.41) is 5.54. The summed E-state index contributed by atoms with van der Waals surface area (Å²) in [5.74, 6) is 0.140. The number of sulfonamides is 1. The first kappa shape index (κ1) is 27.2. The summed E-state index contributed by atoms with van der Waals surface area (Å²) < 4.78 is 37.6. The van der Waals surface area contributed by atoms with Gasteiger partial charge in [0.2, 0.25) is 10.0 Å². The third kappa shape index (κ3) is 8.07. The van der Waals surface area contributed by atoms with Crippen molar-refractivity contribution in [2.24, 2.45) is 0 Å². The second-order valence-electron chi connectivity index (χ2n) is 6.91. The summed E-state index contributed by atoms with van der Waals surface area (Å²) in [6.07, 6.45) is 3.03. The molecule has 2 aromatic carbocycles. The number of ether oxygens (including phenoxy) is 2. The van der Waals surface area contributed by atoms with Crippen molar-refractivity contribution in [3.8, 4) is 5.75 Å². The highest BCUT2D eigenvalue weighted by Crippen LogP contribution is 2.19. The highest BCUT2D eigenvalue weighted by molar-refractivity contribution is 7.89. The van der Waals surface area contributed by atoms with Gasteiger partial charge in [0.1, 0.15) is 12.4 Å². The smallest absolute Gasteiger partial charge is 0.257 e. The van der Waals surface area contributed by atoms with E-state index in [1.165, 1.54) is 28.6 Å². The van der Waals surface area contributed by atoms with Crippen LogP contribution in [0.1, 0.15) is 17.3 Å². The number of hydrogen-bond donors (Lipinski definition) is 2. The molecule has 0 aromatic heterocycles. The summed E-state index contributed by atoms with van der Waals surface area (Å²) in [4.78, 5) is 12.7. The van der Waals surface area contributed by atoms with E-state index in [0.717, 1.165) is 0 Å². The molecule has 10 heteroatoms. The molecule has 1 amide bonds. The van der Waals surface area contributed by atoms with Gasteiger partial charge < -0.3 is 14.8 Å². The second-order valence-corrected chi connectivity index (χ2v) is 9.25. The molecule has 0 unspecified atom stereocenters. The number of carbonyl (C=O) groups is 1. The first-order valence-electron chi connectivity index (χ1n) is 10.6. The van der Waals surface area contributed by atoms with Gasteiger partial charge in [-0.1, -0.05) is 18.2 Å². The number of anilines is 1. The van der Waals surface area contributed by atoms with Crippen molar-refractivity contribution in [3.63, 3.8) is 0 Å². The Balaban J connectivity index is 1.98. The van der Waals surface area contributed by atoms with Crippen molar-refractivity contribution in [2.45, 2.75) is 11.8 Å². The Morgan fingerprint density at radius 2 is 1.76 bits per heavy atom. The zero-order chi connectivity index (χ0) is 25.0. The molecule has 2 aromatic rings. The topological polar surface area (TPSA) is 97.0 Å². The van der Waals surface area contributed by atoms with E-state index in [0.29, 0.717) is 36.8 Å². The maximum Gasteiger partial charge on any atom is 0.257 e. The van der Waals surface area contributed by atoms with Crippen molar-refractivity contribution in [1.82, 2.24) is 9.62 Å². The van der Waals surface area contributed by atoms with Crippen LogP contribution in [-0.2, 0) is 14.8 Å². The van der Waals surface area contributed by atoms with Crippen LogP contribution in [0.4, 0.5) is 5.69 Å². The lowest BCUT2D eigenvalue weighted by Crippen LogP contribution is -2.34. The fourth-order valence-corrected chi connectivity index (χ4v) is 4.44. The minimum Gasteiger partial charge on any atom is -0.491 e. The number of nitrogens with zero attached hydrogens (tertiary/aromatic N) is 1. The van der Waals surface area contributed by atoms with E-state index in [1.54, 1.807) is 36.4 Å². The SMILES string of the molecule is C=CCN(CC=C)S(=O)(=O)c1ccc(NC(=S)NC(=O)c2cccc(OCCOCC)c2)cc1. The van der Waals surface area contributed by atoms with Crippen molar-refractivity contribution < 1.29 is 22.7 Å². The molecule has 0 spiro atoms. The molecule has 0 radical (unpaired) electrons. The molecule has 34 heavy (non-hydrogen) atoms. The lowest BCUT2D eigenvalue weighted by molar-refractivity contribution is 0.0976. The molecule has 182 valence electrons. The van der Waals surface area contributed by atoms with Gasteiger partial charge in [-0.3, -0.25) is 10.1 Å². The standard InChI is InChI=1S/C24H29N3O5S2/c1-4-14-27(15-5-2)34(29,30)22-12-10-20(11-13-22)25-24(33)26-23(28)19-8-7-9-21(18-19)32-17-16-31-6-3/h4-5,7-13,18H,1-2,6,14-17H2,3H3,(H2,25,26,28,33). The number of thiocarbonyl (C=S) groups is 1. The van der Waals surface area contributed by atoms with Crippen molar-refractivity contribution in [1.29, 1.82) is 0 Å². The normalized spacial score (nSPS) is 11.0. The van der Waals surface area contributed by atoms with Gasteiger partial charge in [0.25, 0.3) is 5.91 Å². The molecule has 2 rings (SSSR count). The van der Waals surface area contributed by atoms with Gasteiger partial charge in [-0.15, -0.1) is 13.2 Å². The number of benzene rings is 2. The predicted octanol–water partition coefficient (Wildman–Crippen LogP) is 3.59. The average Bonchev–Trinajstić information content (AvgIpc) is 2.82. The fourth-order valence-electron chi connectivity index (χ4n) is 2.85. The maximum atomic E-state index is 12.8. The lowest BCUT2D eigenvalue weighted by Gasteiger charge is -2.19. The first-order chi connectivity index (χ1) is 16.3. The van der Waals surface area contributed by atoms with E-state index in [-0.39, 0.29) is 23.1 Å². The van der Waals surface area contributed by atoms with E-state index < -0.39 is 15.9 Å². The van der Waals surface area contributed by atoms with Crippen molar-refractivity contribution >= 4 is 38.9 Å². The molecule has 0 aliphatic heterocycles. The summed E-state index contributed by atoms with van der Waals surface area (Å²) in [7, 11) is -3.70. The molecule has 8 nitrogen and oxygen atoms in total. The zero-order valence-electron chi connectivity index (χ0n) is 19.0. The van der Waals surface area contributed by atoms with Crippen LogP contribution in [-0.4, -0.2) is 56.7 Å². The molecule has 0 saturated heterocycles. The van der Waals surface area contributed by atoms with E-state index in [2.05, 4.69) is 23.8 Å². The molecule has 0 aliphatic carbocycles. The Kier molecular flexibility index (Phi) is 10.9. The molecule has 0 fully saturated rings. The Hall–Kier alpha value is -3.05. The van der Waals surface area contributed by atoms with E-state index in [9.17, 15) is 13.2 Å². The summed E-state index contributed by atoms with van der Waals surface area (Å²) in [6.45, 7) is 10.9. The highest BCUT2D eigenvalue weighted by atomic mass is 32.2. The van der Waals surface area contributed by atoms with Gasteiger partial charge >= 0.3 is 0 Å². The summed E-state index contributed by atoms with van der Waals surface area (Å²) >= 11 is 5.22. The Morgan fingerprint density at radius 1 is 1.09 bits per heavy atom. The van der Waals surface area contributed by atoms with E-state index in [1.807, 2.05) is 6.92 Å². The molecule has 0 aliphatic rings. The Bertz CT molecular complexity index is 1090. The number of hydrogen-bond acceptors (Lipinski definition) is 6. The van der Waals surface area contributed by atoms with Gasteiger partial charge in [-0.25, -0.2) is 8.42 Å². The van der Waals surface area contributed by atoms with Crippen LogP contribution in [0.25, 0.3) is 0 Å². The predicted molar refractivity (Wildman–Crippen MR) is 138 cm³/mol. The quantitative estimate of drug-likeness (QED) is 0.245. The van der Waals surface area contributed by atoms with E-state index >= 15 is 0 Å². The molecular weight excluding hydrogens is 474 g/mol. The lowest BCUT2D eigenvalue weighted by atomic mass is 10.2. The third-order valence-electron chi connectivity index (χ3n) is 4.44. The van der Waals surface area contributed by atoms with E-state index in [4.69, 9.17) is 21.7 Å². The molecule has 0 saturated carbocycles. The van der Waals surface area contributed by atoms with Gasteiger partial charge in [0.15, 0.2) is 5.11 Å². The largest absolute Gasteiger partial charge is 0.491 e. The van der Waals surface area contributed by atoms with Gasteiger partial charge in [0.05, 0.1) is 11.5 Å². The van der Waals surface area contributed by atoms with Crippen LogP contribution in [0.3, 0.4) is 0 Å². The highest BCUT2D eigenvalue weighted by Gasteiger charge is 2.22. The summed E-state index contributed by atoms with van der Waals surface area (Å²) in [5.41, 5.74) is 0.903. The van der Waals surface area contributed by atoms with Crippen LogP contribution in [0.5, 0.6) is 5.75 Å². The number of carbonyl (C=O) groups excluding carboxylic acids is 1. The first-order valence-corrected chi connectivity index (χ1v) is 12.4. The third-order valence-corrected chi connectivity index (χ3v) is 6.49. The minimum absolute atomic E-state index is 0.0724.